The number of piperidine rings is 1. The Morgan fingerprint density at radius 3 is 2.68 bits per heavy atom. The van der Waals surface area contributed by atoms with E-state index in [0.717, 1.165) is 45.2 Å². The highest BCUT2D eigenvalue weighted by atomic mass is 16.7. The quantitative estimate of drug-likeness (QED) is 0.574. The second-order valence-electron chi connectivity index (χ2n) is 9.71. The number of fused-ring (bicyclic) bond motifs is 2. The average molecular weight is 392 g/mol. The highest BCUT2D eigenvalue weighted by molar-refractivity contribution is 5.76. The molecule has 1 unspecified atom stereocenters. The van der Waals surface area contributed by atoms with Gasteiger partial charge >= 0.3 is 5.97 Å². The van der Waals surface area contributed by atoms with E-state index in [-0.39, 0.29) is 29.3 Å². The first-order valence-electron chi connectivity index (χ1n) is 11.0. The fraction of sp³-hybridized carbons (Fsp3) is 0.864. The molecule has 5 rings (SSSR count). The maximum atomic E-state index is 12.8. The smallest absolute Gasteiger partial charge is 0.311 e. The van der Waals surface area contributed by atoms with Gasteiger partial charge in [-0.1, -0.05) is 25.5 Å². The van der Waals surface area contributed by atoms with Crippen LogP contribution in [-0.2, 0) is 19.0 Å². The molecule has 0 bridgehead atoms. The van der Waals surface area contributed by atoms with Gasteiger partial charge in [-0.3, -0.25) is 4.79 Å². The lowest BCUT2D eigenvalue weighted by atomic mass is 9.55. The minimum Gasteiger partial charge on any atom is -0.461 e. The summed E-state index contributed by atoms with van der Waals surface area (Å²) in [6.45, 7) is 8.18. The zero-order valence-electron chi connectivity index (χ0n) is 17.1. The number of ether oxygens (including phenoxy) is 3. The lowest BCUT2D eigenvalue weighted by Gasteiger charge is -2.52. The number of rotatable bonds is 2. The summed E-state index contributed by atoms with van der Waals surface area (Å²) >= 11 is 0. The van der Waals surface area contributed by atoms with Gasteiger partial charge in [0.1, 0.15) is 6.10 Å². The average Bonchev–Trinajstić information content (AvgIpc) is 3.25. The Balaban J connectivity index is 1.31. The molecule has 0 amide bonds. The van der Waals surface area contributed by atoms with Gasteiger partial charge in [0.25, 0.3) is 0 Å². The number of aliphatic hydroxyl groups is 1. The molecule has 0 aromatic carbocycles. The topological polar surface area (TPSA) is 68.2 Å². The largest absolute Gasteiger partial charge is 0.461 e. The predicted octanol–water partition coefficient (Wildman–Crippen LogP) is 2.11. The summed E-state index contributed by atoms with van der Waals surface area (Å²) in [6.07, 6.45) is 6.22. The maximum absolute atomic E-state index is 12.8. The van der Waals surface area contributed by atoms with Crippen LogP contribution < -0.4 is 0 Å². The van der Waals surface area contributed by atoms with Gasteiger partial charge < -0.3 is 24.2 Å². The molecule has 6 nitrogen and oxygen atoms in total. The summed E-state index contributed by atoms with van der Waals surface area (Å²) in [4.78, 5) is 15.1. The molecular weight excluding hydrogens is 358 g/mol. The van der Waals surface area contributed by atoms with Gasteiger partial charge in [0.15, 0.2) is 5.79 Å². The van der Waals surface area contributed by atoms with Crippen LogP contribution in [0.4, 0.5) is 0 Å². The molecule has 0 aromatic rings. The van der Waals surface area contributed by atoms with E-state index >= 15 is 0 Å². The Bertz CT molecular complexity index is 662. The van der Waals surface area contributed by atoms with Gasteiger partial charge in [0.2, 0.25) is 0 Å². The Hall–Kier alpha value is -0.950. The first kappa shape index (κ1) is 19.0. The molecule has 3 heterocycles. The summed E-state index contributed by atoms with van der Waals surface area (Å²) in [5, 5.41) is 11.5. The highest BCUT2D eigenvalue weighted by Crippen LogP contribution is 2.56. The Morgan fingerprint density at radius 2 is 1.96 bits per heavy atom. The Labute approximate surface area is 167 Å². The first-order chi connectivity index (χ1) is 13.4. The minimum absolute atomic E-state index is 0.106. The van der Waals surface area contributed by atoms with Crippen molar-refractivity contribution < 1.29 is 24.1 Å². The number of aliphatic hydroxyl groups excluding tert-OH is 1. The molecule has 1 N–H and O–H groups in total. The molecule has 3 aliphatic heterocycles. The van der Waals surface area contributed by atoms with Crippen LogP contribution in [0.15, 0.2) is 11.6 Å². The second kappa shape index (κ2) is 6.79. The molecule has 4 fully saturated rings. The van der Waals surface area contributed by atoms with Crippen molar-refractivity contribution in [2.75, 3.05) is 32.8 Å². The SMILES string of the molecule is C[C@H]1CCC=C2C[C@H]3OC(=O)C(CN4CCC5(CC4)OCCO5)[C@H]3[C@H](O)[C@@]21C. The van der Waals surface area contributed by atoms with E-state index in [1.165, 1.54) is 5.57 Å². The third kappa shape index (κ3) is 2.79. The van der Waals surface area contributed by atoms with Crippen LogP contribution in [0.25, 0.3) is 0 Å². The van der Waals surface area contributed by atoms with E-state index in [2.05, 4.69) is 24.8 Å². The first-order valence-corrected chi connectivity index (χ1v) is 11.0. The fourth-order valence-electron chi connectivity index (χ4n) is 6.41. The van der Waals surface area contributed by atoms with Gasteiger partial charge in [-0.2, -0.15) is 0 Å². The van der Waals surface area contributed by atoms with Crippen LogP contribution in [0.2, 0.25) is 0 Å². The van der Waals surface area contributed by atoms with E-state index in [0.29, 0.717) is 25.7 Å². The van der Waals surface area contributed by atoms with E-state index in [1.807, 2.05) is 0 Å². The van der Waals surface area contributed by atoms with Gasteiger partial charge in [0, 0.05) is 50.2 Å². The van der Waals surface area contributed by atoms with Crippen molar-refractivity contribution in [2.24, 2.45) is 23.2 Å². The summed E-state index contributed by atoms with van der Waals surface area (Å²) in [7, 11) is 0. The standard InChI is InChI=1S/C22H33NO5/c1-14-4-3-5-15-12-17-18(19(24)21(14,15)2)16(20(25)28-17)13-23-8-6-22(7-9-23)26-10-11-27-22/h5,14,16-19,24H,3-4,6-13H2,1-2H3/t14-,16?,17+,18+,19-,21+/m0/s1. The summed E-state index contributed by atoms with van der Waals surface area (Å²) in [5.41, 5.74) is 1.06. The van der Waals surface area contributed by atoms with Crippen LogP contribution in [0.3, 0.4) is 0 Å². The number of esters is 1. The zero-order chi connectivity index (χ0) is 19.5. The molecule has 28 heavy (non-hydrogen) atoms. The van der Waals surface area contributed by atoms with E-state index in [4.69, 9.17) is 14.2 Å². The summed E-state index contributed by atoms with van der Waals surface area (Å²) < 4.78 is 17.4. The molecule has 0 aromatic heterocycles. The van der Waals surface area contributed by atoms with Crippen molar-refractivity contribution in [3.8, 4) is 0 Å². The predicted molar refractivity (Wildman–Crippen MR) is 102 cm³/mol. The van der Waals surface area contributed by atoms with Gasteiger partial charge in [-0.05, 0) is 18.8 Å². The van der Waals surface area contributed by atoms with Crippen LogP contribution in [0.5, 0.6) is 0 Å². The molecule has 3 saturated heterocycles. The van der Waals surface area contributed by atoms with Crippen molar-refractivity contribution in [1.29, 1.82) is 0 Å². The van der Waals surface area contributed by atoms with Crippen molar-refractivity contribution >= 4 is 5.97 Å². The van der Waals surface area contributed by atoms with Crippen molar-refractivity contribution in [2.45, 2.75) is 63.9 Å². The normalized spacial score (nSPS) is 45.5. The summed E-state index contributed by atoms with van der Waals surface area (Å²) in [6, 6.07) is 0. The lowest BCUT2D eigenvalue weighted by molar-refractivity contribution is -0.186. The fourth-order valence-corrected chi connectivity index (χ4v) is 6.41. The molecule has 5 aliphatic rings. The molecule has 1 spiro atoms. The van der Waals surface area contributed by atoms with Gasteiger partial charge in [0.05, 0.1) is 25.2 Å². The Morgan fingerprint density at radius 1 is 1.25 bits per heavy atom. The monoisotopic (exact) mass is 391 g/mol. The Kier molecular flexibility index (Phi) is 4.62. The van der Waals surface area contributed by atoms with E-state index < -0.39 is 11.9 Å². The number of carbonyl (C=O) groups is 1. The van der Waals surface area contributed by atoms with Crippen molar-refractivity contribution in [3.63, 3.8) is 0 Å². The molecule has 6 atom stereocenters. The lowest BCUT2D eigenvalue weighted by Crippen LogP contribution is -2.55. The van der Waals surface area contributed by atoms with E-state index in [9.17, 15) is 9.90 Å². The number of carbonyl (C=O) groups excluding carboxylic acids is 1. The molecule has 6 heteroatoms. The van der Waals surface area contributed by atoms with Crippen LogP contribution in [0.1, 0.15) is 46.0 Å². The number of allylic oxidation sites excluding steroid dienone is 1. The molecule has 0 radical (unpaired) electrons. The zero-order valence-corrected chi connectivity index (χ0v) is 17.1. The van der Waals surface area contributed by atoms with Crippen LogP contribution in [-0.4, -0.2) is 66.8 Å². The number of hydrogen-bond acceptors (Lipinski definition) is 6. The molecular formula is C22H33NO5. The number of nitrogens with zero attached hydrogens (tertiary/aromatic N) is 1. The van der Waals surface area contributed by atoms with Crippen molar-refractivity contribution in [3.05, 3.63) is 11.6 Å². The molecule has 1 saturated carbocycles. The van der Waals surface area contributed by atoms with Crippen LogP contribution >= 0.6 is 0 Å². The van der Waals surface area contributed by atoms with Gasteiger partial charge in [-0.15, -0.1) is 0 Å². The third-order valence-electron chi connectivity index (χ3n) is 8.46. The molecule has 2 aliphatic carbocycles. The number of hydrogen-bond donors (Lipinski definition) is 1. The third-order valence-corrected chi connectivity index (χ3v) is 8.46. The van der Waals surface area contributed by atoms with E-state index in [1.54, 1.807) is 0 Å². The van der Waals surface area contributed by atoms with Gasteiger partial charge in [-0.25, -0.2) is 0 Å². The second-order valence-corrected chi connectivity index (χ2v) is 9.71. The summed E-state index contributed by atoms with van der Waals surface area (Å²) in [5.74, 6) is -0.453. The minimum atomic E-state index is -0.526. The maximum Gasteiger partial charge on any atom is 0.311 e. The van der Waals surface area contributed by atoms with Crippen LogP contribution in [0, 0.1) is 23.2 Å². The number of likely N-dealkylation sites (tertiary alicyclic amines) is 1. The van der Waals surface area contributed by atoms with Crippen molar-refractivity contribution in [1.82, 2.24) is 4.90 Å². The highest BCUT2D eigenvalue weighted by Gasteiger charge is 2.60. The molecule has 156 valence electrons.